The third-order valence-corrected chi connectivity index (χ3v) is 4.27. The average molecular weight is 320 g/mol. The van der Waals surface area contributed by atoms with Crippen LogP contribution in [0.1, 0.15) is 25.7 Å². The number of rotatable bonds is 6. The molecule has 7 nitrogen and oxygen atoms in total. The zero-order valence-corrected chi connectivity index (χ0v) is 13.3. The lowest BCUT2D eigenvalue weighted by molar-refractivity contribution is -0.123. The molecule has 0 unspecified atom stereocenters. The summed E-state index contributed by atoms with van der Waals surface area (Å²) in [6, 6.07) is 2.20. The fraction of sp³-hybridized carbons (Fsp3) is 0.688. The molecule has 2 fully saturated rings. The molecule has 2 aliphatic heterocycles. The SMILES string of the molecule is O=C(CN1CCC(Oc2ncccn2)CC1)NC[C@H]1CCCO1. The van der Waals surface area contributed by atoms with E-state index < -0.39 is 0 Å². The molecular formula is C16H24N4O3. The van der Waals surface area contributed by atoms with Gasteiger partial charge in [-0.1, -0.05) is 0 Å². The molecule has 3 rings (SSSR count). The second kappa shape index (κ2) is 8.21. The highest BCUT2D eigenvalue weighted by atomic mass is 16.5. The Hall–Kier alpha value is -1.73. The Kier molecular flexibility index (Phi) is 5.76. The number of carbonyl (C=O) groups excluding carboxylic acids is 1. The quantitative estimate of drug-likeness (QED) is 0.828. The number of aromatic nitrogens is 2. The lowest BCUT2D eigenvalue weighted by Crippen LogP contribution is -2.45. The lowest BCUT2D eigenvalue weighted by Gasteiger charge is -2.31. The van der Waals surface area contributed by atoms with Crippen LogP contribution in [0.25, 0.3) is 0 Å². The first-order valence-corrected chi connectivity index (χ1v) is 8.34. The van der Waals surface area contributed by atoms with Crippen LogP contribution in [0.5, 0.6) is 6.01 Å². The highest BCUT2D eigenvalue weighted by Gasteiger charge is 2.23. The molecule has 23 heavy (non-hydrogen) atoms. The van der Waals surface area contributed by atoms with E-state index >= 15 is 0 Å². The molecule has 1 N–H and O–H groups in total. The van der Waals surface area contributed by atoms with Crippen molar-refractivity contribution >= 4 is 5.91 Å². The van der Waals surface area contributed by atoms with Gasteiger partial charge in [-0.3, -0.25) is 9.69 Å². The lowest BCUT2D eigenvalue weighted by atomic mass is 10.1. The van der Waals surface area contributed by atoms with Crippen LogP contribution in [0.2, 0.25) is 0 Å². The maximum atomic E-state index is 12.0. The van der Waals surface area contributed by atoms with Crippen molar-refractivity contribution in [1.29, 1.82) is 0 Å². The summed E-state index contributed by atoms with van der Waals surface area (Å²) in [5, 5.41) is 2.97. The van der Waals surface area contributed by atoms with Crippen molar-refractivity contribution in [2.24, 2.45) is 0 Å². The van der Waals surface area contributed by atoms with E-state index in [1.165, 1.54) is 0 Å². The number of piperidine rings is 1. The minimum absolute atomic E-state index is 0.0752. The third-order valence-electron chi connectivity index (χ3n) is 4.27. The summed E-state index contributed by atoms with van der Waals surface area (Å²) in [6.07, 6.45) is 7.59. The predicted molar refractivity (Wildman–Crippen MR) is 84.1 cm³/mol. The molecule has 1 aromatic rings. The molecule has 1 atom stereocenters. The maximum absolute atomic E-state index is 12.0. The number of hydrogen-bond acceptors (Lipinski definition) is 6. The van der Waals surface area contributed by atoms with E-state index in [4.69, 9.17) is 9.47 Å². The summed E-state index contributed by atoms with van der Waals surface area (Å²) in [4.78, 5) is 22.3. The fourth-order valence-corrected chi connectivity index (χ4v) is 2.97. The van der Waals surface area contributed by atoms with Gasteiger partial charge in [0.05, 0.1) is 12.6 Å². The monoisotopic (exact) mass is 320 g/mol. The van der Waals surface area contributed by atoms with Gasteiger partial charge in [0.25, 0.3) is 0 Å². The summed E-state index contributed by atoms with van der Waals surface area (Å²) >= 11 is 0. The number of ether oxygens (including phenoxy) is 2. The molecule has 2 saturated heterocycles. The fourth-order valence-electron chi connectivity index (χ4n) is 2.97. The number of nitrogens with one attached hydrogen (secondary N) is 1. The van der Waals surface area contributed by atoms with Crippen molar-refractivity contribution in [3.63, 3.8) is 0 Å². The van der Waals surface area contributed by atoms with E-state index in [1.54, 1.807) is 18.5 Å². The summed E-state index contributed by atoms with van der Waals surface area (Å²) in [5.41, 5.74) is 0. The van der Waals surface area contributed by atoms with E-state index in [9.17, 15) is 4.79 Å². The van der Waals surface area contributed by atoms with Crippen molar-refractivity contribution in [2.75, 3.05) is 32.8 Å². The van der Waals surface area contributed by atoms with Crippen LogP contribution in [-0.2, 0) is 9.53 Å². The second-order valence-corrected chi connectivity index (χ2v) is 6.06. The first-order valence-electron chi connectivity index (χ1n) is 8.34. The van der Waals surface area contributed by atoms with Gasteiger partial charge in [-0.05, 0) is 31.7 Å². The van der Waals surface area contributed by atoms with Gasteiger partial charge in [0.15, 0.2) is 0 Å². The van der Waals surface area contributed by atoms with Gasteiger partial charge in [0, 0.05) is 38.6 Å². The van der Waals surface area contributed by atoms with Gasteiger partial charge in [-0.25, -0.2) is 9.97 Å². The molecular weight excluding hydrogens is 296 g/mol. The molecule has 0 spiro atoms. The third kappa shape index (κ3) is 5.14. The number of likely N-dealkylation sites (tertiary alicyclic amines) is 1. The van der Waals surface area contributed by atoms with Gasteiger partial charge >= 0.3 is 6.01 Å². The van der Waals surface area contributed by atoms with Crippen LogP contribution in [0.4, 0.5) is 0 Å². The number of hydrogen-bond donors (Lipinski definition) is 1. The number of nitrogens with zero attached hydrogens (tertiary/aromatic N) is 3. The minimum Gasteiger partial charge on any atom is -0.460 e. The van der Waals surface area contributed by atoms with E-state index in [-0.39, 0.29) is 18.1 Å². The van der Waals surface area contributed by atoms with Crippen molar-refractivity contribution in [1.82, 2.24) is 20.2 Å². The molecule has 0 bridgehead atoms. The van der Waals surface area contributed by atoms with Crippen molar-refractivity contribution in [3.05, 3.63) is 18.5 Å². The zero-order chi connectivity index (χ0) is 15.9. The molecule has 7 heteroatoms. The van der Waals surface area contributed by atoms with E-state index in [0.717, 1.165) is 45.4 Å². The van der Waals surface area contributed by atoms with Crippen LogP contribution >= 0.6 is 0 Å². The number of amides is 1. The van der Waals surface area contributed by atoms with Gasteiger partial charge in [0.1, 0.15) is 6.10 Å². The highest BCUT2D eigenvalue weighted by Crippen LogP contribution is 2.15. The van der Waals surface area contributed by atoms with E-state index in [0.29, 0.717) is 19.1 Å². The van der Waals surface area contributed by atoms with Crippen LogP contribution in [-0.4, -0.2) is 65.8 Å². The van der Waals surface area contributed by atoms with E-state index in [1.807, 2.05) is 0 Å². The standard InChI is InChI=1S/C16H24N4O3/c21-15(19-11-14-3-1-10-22-14)12-20-8-4-13(5-9-20)23-16-17-6-2-7-18-16/h2,6-7,13-14H,1,3-5,8-12H2,(H,19,21)/t14-/m1/s1. The topological polar surface area (TPSA) is 76.6 Å². The van der Waals surface area contributed by atoms with Gasteiger partial charge in [-0.2, -0.15) is 0 Å². The molecule has 0 radical (unpaired) electrons. The highest BCUT2D eigenvalue weighted by molar-refractivity contribution is 5.78. The molecule has 1 amide bonds. The number of carbonyl (C=O) groups is 1. The zero-order valence-electron chi connectivity index (χ0n) is 13.3. The van der Waals surface area contributed by atoms with Crippen LogP contribution < -0.4 is 10.1 Å². The van der Waals surface area contributed by atoms with Gasteiger partial charge < -0.3 is 14.8 Å². The average Bonchev–Trinajstić information content (AvgIpc) is 3.09. The van der Waals surface area contributed by atoms with Crippen molar-refractivity contribution in [3.8, 4) is 6.01 Å². The second-order valence-electron chi connectivity index (χ2n) is 6.06. The Morgan fingerprint density at radius 3 is 2.78 bits per heavy atom. The Morgan fingerprint density at radius 2 is 2.09 bits per heavy atom. The normalized spacial score (nSPS) is 22.9. The summed E-state index contributed by atoms with van der Waals surface area (Å²) in [7, 11) is 0. The Balaban J connectivity index is 1.33. The molecule has 0 saturated carbocycles. The van der Waals surface area contributed by atoms with Gasteiger partial charge in [0.2, 0.25) is 5.91 Å². The molecule has 3 heterocycles. The van der Waals surface area contributed by atoms with Crippen molar-refractivity contribution in [2.45, 2.75) is 37.9 Å². The Bertz CT molecular complexity index is 485. The Morgan fingerprint density at radius 1 is 1.30 bits per heavy atom. The largest absolute Gasteiger partial charge is 0.460 e. The first kappa shape index (κ1) is 16.1. The smallest absolute Gasteiger partial charge is 0.316 e. The minimum atomic E-state index is 0.0752. The van der Waals surface area contributed by atoms with Crippen molar-refractivity contribution < 1.29 is 14.3 Å². The predicted octanol–water partition coefficient (Wildman–Crippen LogP) is 0.615. The molecule has 1 aromatic heterocycles. The van der Waals surface area contributed by atoms with Crippen LogP contribution in [0, 0.1) is 0 Å². The molecule has 0 aromatic carbocycles. The Labute approximate surface area is 136 Å². The summed E-state index contributed by atoms with van der Waals surface area (Å²) < 4.78 is 11.3. The molecule has 126 valence electrons. The first-order chi connectivity index (χ1) is 11.3. The molecule has 0 aliphatic carbocycles. The van der Waals surface area contributed by atoms with Crippen LogP contribution in [0.15, 0.2) is 18.5 Å². The van der Waals surface area contributed by atoms with E-state index in [2.05, 4.69) is 20.2 Å². The summed E-state index contributed by atoms with van der Waals surface area (Å²) in [5.74, 6) is 0.0752. The van der Waals surface area contributed by atoms with Crippen LogP contribution in [0.3, 0.4) is 0 Å². The van der Waals surface area contributed by atoms with Gasteiger partial charge in [-0.15, -0.1) is 0 Å². The molecule has 2 aliphatic rings. The summed E-state index contributed by atoms with van der Waals surface area (Å²) in [6.45, 7) is 3.60. The maximum Gasteiger partial charge on any atom is 0.316 e.